The maximum Gasteiger partial charge on any atom is 0.416 e. The van der Waals surface area contributed by atoms with Gasteiger partial charge in [0.15, 0.2) is 0 Å². The molecular formula is C15H18F3N3. The number of nitrogens with one attached hydrogen (secondary N) is 1. The minimum atomic E-state index is -4.31. The first-order chi connectivity index (χ1) is 9.75. The van der Waals surface area contributed by atoms with E-state index in [-0.39, 0.29) is 6.04 Å². The molecule has 0 fully saturated rings. The van der Waals surface area contributed by atoms with E-state index in [9.17, 15) is 13.2 Å². The van der Waals surface area contributed by atoms with Gasteiger partial charge in [-0.25, -0.2) is 0 Å². The summed E-state index contributed by atoms with van der Waals surface area (Å²) in [5.41, 5.74) is 3.01. The molecule has 0 saturated heterocycles. The van der Waals surface area contributed by atoms with Gasteiger partial charge in [0.1, 0.15) is 0 Å². The zero-order valence-electron chi connectivity index (χ0n) is 12.4. The zero-order chi connectivity index (χ0) is 15.8. The summed E-state index contributed by atoms with van der Waals surface area (Å²) in [6, 6.07) is 5.06. The van der Waals surface area contributed by atoms with E-state index >= 15 is 0 Å². The van der Waals surface area contributed by atoms with E-state index < -0.39 is 11.7 Å². The first kappa shape index (κ1) is 15.6. The van der Waals surface area contributed by atoms with Crippen LogP contribution < -0.4 is 5.32 Å². The molecule has 1 atom stereocenters. The Hall–Kier alpha value is -1.82. The molecule has 1 heterocycles. The van der Waals surface area contributed by atoms with Crippen LogP contribution in [-0.2, 0) is 13.2 Å². The Labute approximate surface area is 121 Å². The second kappa shape index (κ2) is 5.52. The first-order valence-electron chi connectivity index (χ1n) is 6.60. The average molecular weight is 297 g/mol. The Morgan fingerprint density at radius 3 is 2.10 bits per heavy atom. The van der Waals surface area contributed by atoms with Crippen molar-refractivity contribution in [1.82, 2.24) is 15.1 Å². The second-order valence-corrected chi connectivity index (χ2v) is 5.05. The molecule has 1 aromatic carbocycles. The van der Waals surface area contributed by atoms with Crippen LogP contribution in [0.4, 0.5) is 13.2 Å². The molecule has 114 valence electrons. The summed E-state index contributed by atoms with van der Waals surface area (Å²) >= 11 is 0. The number of benzene rings is 1. The summed E-state index contributed by atoms with van der Waals surface area (Å²) in [6.07, 6.45) is -4.31. The van der Waals surface area contributed by atoms with Crippen LogP contribution in [0, 0.1) is 13.8 Å². The Bertz CT molecular complexity index is 627. The Morgan fingerprint density at radius 1 is 1.14 bits per heavy atom. The van der Waals surface area contributed by atoms with Gasteiger partial charge in [0.05, 0.1) is 17.3 Å². The number of aryl methyl sites for hydroxylation is 2. The molecule has 2 aromatic rings. The topological polar surface area (TPSA) is 29.9 Å². The van der Waals surface area contributed by atoms with E-state index in [4.69, 9.17) is 0 Å². The van der Waals surface area contributed by atoms with Crippen molar-refractivity contribution >= 4 is 0 Å². The highest BCUT2D eigenvalue weighted by Gasteiger charge is 2.30. The van der Waals surface area contributed by atoms with E-state index in [1.54, 1.807) is 11.7 Å². The lowest BCUT2D eigenvalue weighted by Crippen LogP contribution is -2.19. The predicted octanol–water partition coefficient (Wildman–Crippen LogP) is 3.36. The van der Waals surface area contributed by atoms with Crippen molar-refractivity contribution in [2.45, 2.75) is 26.1 Å². The maximum absolute atomic E-state index is 12.6. The summed E-state index contributed by atoms with van der Waals surface area (Å²) in [5.74, 6) is 0. The Morgan fingerprint density at radius 2 is 1.71 bits per heavy atom. The Balaban J connectivity index is 2.42. The summed E-state index contributed by atoms with van der Waals surface area (Å²) in [6.45, 7) is 3.85. The molecule has 0 aliphatic carbocycles. The van der Waals surface area contributed by atoms with Crippen LogP contribution in [0.3, 0.4) is 0 Å². The fraction of sp³-hybridized carbons (Fsp3) is 0.400. The lowest BCUT2D eigenvalue weighted by atomic mass is 9.96. The number of alkyl halides is 3. The van der Waals surface area contributed by atoms with Gasteiger partial charge in [-0.05, 0) is 38.6 Å². The van der Waals surface area contributed by atoms with Gasteiger partial charge in [0.2, 0.25) is 0 Å². The molecule has 1 unspecified atom stereocenters. The van der Waals surface area contributed by atoms with E-state index in [0.29, 0.717) is 0 Å². The van der Waals surface area contributed by atoms with E-state index in [0.717, 1.165) is 34.6 Å². The molecule has 0 bridgehead atoms. The van der Waals surface area contributed by atoms with Gasteiger partial charge in [0, 0.05) is 18.3 Å². The molecule has 0 amide bonds. The highest BCUT2D eigenvalue weighted by atomic mass is 19.4. The fourth-order valence-corrected chi connectivity index (χ4v) is 2.55. The standard InChI is InChI=1S/C15H18F3N3/c1-9-13(10(2)21(4)20-9)14(19-3)11-5-7-12(8-6-11)15(16,17)18/h5-8,14,19H,1-4H3. The lowest BCUT2D eigenvalue weighted by Gasteiger charge is -2.18. The van der Waals surface area contributed by atoms with Crippen LogP contribution in [0.15, 0.2) is 24.3 Å². The summed E-state index contributed by atoms with van der Waals surface area (Å²) in [5, 5.41) is 7.51. The molecule has 1 N–H and O–H groups in total. The van der Waals surface area contributed by atoms with Gasteiger partial charge in [0.25, 0.3) is 0 Å². The fourth-order valence-electron chi connectivity index (χ4n) is 2.55. The van der Waals surface area contributed by atoms with Crippen molar-refractivity contribution in [2.24, 2.45) is 7.05 Å². The molecule has 0 spiro atoms. The van der Waals surface area contributed by atoms with Crippen molar-refractivity contribution in [3.63, 3.8) is 0 Å². The molecule has 3 nitrogen and oxygen atoms in total. The molecule has 2 rings (SSSR count). The number of hydrogen-bond donors (Lipinski definition) is 1. The third-order valence-corrected chi connectivity index (χ3v) is 3.71. The average Bonchev–Trinajstić information content (AvgIpc) is 2.66. The second-order valence-electron chi connectivity index (χ2n) is 5.05. The SMILES string of the molecule is CNC(c1ccc(C(F)(F)F)cc1)c1c(C)nn(C)c1C. The molecule has 0 aliphatic rings. The number of halogens is 3. The smallest absolute Gasteiger partial charge is 0.309 e. The maximum atomic E-state index is 12.6. The molecule has 6 heteroatoms. The highest BCUT2D eigenvalue weighted by Crippen LogP contribution is 2.32. The summed E-state index contributed by atoms with van der Waals surface area (Å²) in [7, 11) is 3.64. The number of nitrogens with zero attached hydrogens (tertiary/aromatic N) is 2. The van der Waals surface area contributed by atoms with Gasteiger partial charge in [-0.3, -0.25) is 4.68 Å². The number of aromatic nitrogens is 2. The predicted molar refractivity (Wildman–Crippen MR) is 75.0 cm³/mol. The van der Waals surface area contributed by atoms with E-state index in [1.807, 2.05) is 20.9 Å². The largest absolute Gasteiger partial charge is 0.416 e. The van der Waals surface area contributed by atoms with Crippen LogP contribution in [0.1, 0.15) is 34.1 Å². The van der Waals surface area contributed by atoms with Crippen molar-refractivity contribution < 1.29 is 13.2 Å². The molecule has 21 heavy (non-hydrogen) atoms. The monoisotopic (exact) mass is 297 g/mol. The van der Waals surface area contributed by atoms with Crippen molar-refractivity contribution in [3.05, 3.63) is 52.3 Å². The zero-order valence-corrected chi connectivity index (χ0v) is 12.4. The first-order valence-corrected chi connectivity index (χ1v) is 6.60. The van der Waals surface area contributed by atoms with E-state index in [2.05, 4.69) is 10.4 Å². The quantitative estimate of drug-likeness (QED) is 0.941. The third kappa shape index (κ3) is 2.95. The Kier molecular flexibility index (Phi) is 4.09. The van der Waals surface area contributed by atoms with Crippen LogP contribution in [0.5, 0.6) is 0 Å². The molecule has 0 saturated carbocycles. The molecule has 0 radical (unpaired) electrons. The summed E-state index contributed by atoms with van der Waals surface area (Å²) in [4.78, 5) is 0. The van der Waals surface area contributed by atoms with Gasteiger partial charge in [-0.15, -0.1) is 0 Å². The van der Waals surface area contributed by atoms with E-state index in [1.165, 1.54) is 12.1 Å². The summed E-state index contributed by atoms with van der Waals surface area (Å²) < 4.78 is 39.7. The normalized spacial score (nSPS) is 13.5. The highest BCUT2D eigenvalue weighted by molar-refractivity contribution is 5.38. The van der Waals surface area contributed by atoms with Gasteiger partial charge in [-0.1, -0.05) is 12.1 Å². The number of hydrogen-bond acceptors (Lipinski definition) is 2. The van der Waals surface area contributed by atoms with Crippen LogP contribution in [0.25, 0.3) is 0 Å². The van der Waals surface area contributed by atoms with Gasteiger partial charge >= 0.3 is 6.18 Å². The molecule has 1 aromatic heterocycles. The third-order valence-electron chi connectivity index (χ3n) is 3.71. The number of rotatable bonds is 3. The van der Waals surface area contributed by atoms with Crippen molar-refractivity contribution in [2.75, 3.05) is 7.05 Å². The molecule has 0 aliphatic heterocycles. The van der Waals surface area contributed by atoms with Gasteiger partial charge < -0.3 is 5.32 Å². The van der Waals surface area contributed by atoms with Crippen molar-refractivity contribution in [3.8, 4) is 0 Å². The van der Waals surface area contributed by atoms with Crippen LogP contribution >= 0.6 is 0 Å². The minimum Gasteiger partial charge on any atom is -0.309 e. The van der Waals surface area contributed by atoms with Crippen LogP contribution in [-0.4, -0.2) is 16.8 Å². The van der Waals surface area contributed by atoms with Crippen LogP contribution in [0.2, 0.25) is 0 Å². The minimum absolute atomic E-state index is 0.180. The molecular weight excluding hydrogens is 279 g/mol. The lowest BCUT2D eigenvalue weighted by molar-refractivity contribution is -0.137. The van der Waals surface area contributed by atoms with Gasteiger partial charge in [-0.2, -0.15) is 18.3 Å². The van der Waals surface area contributed by atoms with Crippen molar-refractivity contribution in [1.29, 1.82) is 0 Å².